The molecule has 0 amide bonds. The molecular formula is C11H17ClN2. The zero-order chi connectivity index (χ0) is 8.93. The molecule has 3 heteroatoms. The summed E-state index contributed by atoms with van der Waals surface area (Å²) >= 11 is 0. The maximum absolute atomic E-state index is 3.41. The fourth-order valence-electron chi connectivity index (χ4n) is 1.70. The molecule has 0 aliphatic carbocycles. The van der Waals surface area contributed by atoms with Crippen LogP contribution in [0.3, 0.4) is 0 Å². The van der Waals surface area contributed by atoms with E-state index >= 15 is 0 Å². The third kappa shape index (κ3) is 3.20. The van der Waals surface area contributed by atoms with Gasteiger partial charge in [-0.25, -0.2) is 5.01 Å². The lowest BCUT2D eigenvalue weighted by molar-refractivity contribution is 0.273. The van der Waals surface area contributed by atoms with Crippen molar-refractivity contribution in [2.45, 2.75) is 19.3 Å². The molecule has 0 spiro atoms. The van der Waals surface area contributed by atoms with E-state index in [1.54, 1.807) is 0 Å². The Morgan fingerprint density at radius 2 is 1.57 bits per heavy atom. The van der Waals surface area contributed by atoms with Gasteiger partial charge in [0.25, 0.3) is 0 Å². The van der Waals surface area contributed by atoms with Gasteiger partial charge in [0.2, 0.25) is 0 Å². The summed E-state index contributed by atoms with van der Waals surface area (Å²) in [4.78, 5) is 0. The molecule has 0 unspecified atom stereocenters. The van der Waals surface area contributed by atoms with Crippen molar-refractivity contribution in [3.63, 3.8) is 0 Å². The van der Waals surface area contributed by atoms with Crippen LogP contribution in [0.25, 0.3) is 0 Å². The molecule has 2 rings (SSSR count). The van der Waals surface area contributed by atoms with Gasteiger partial charge in [0.05, 0.1) is 0 Å². The van der Waals surface area contributed by atoms with Gasteiger partial charge in [-0.2, -0.15) is 0 Å². The first kappa shape index (κ1) is 11.3. The highest BCUT2D eigenvalue weighted by atomic mass is 35.5. The summed E-state index contributed by atoms with van der Waals surface area (Å²) in [7, 11) is 0. The maximum Gasteiger partial charge on any atom is 0.0490 e. The number of benzene rings is 1. The van der Waals surface area contributed by atoms with Crippen molar-refractivity contribution in [2.75, 3.05) is 18.5 Å². The molecule has 1 N–H and O–H groups in total. The number of hydrazine groups is 1. The Morgan fingerprint density at radius 1 is 0.929 bits per heavy atom. The number of rotatable bonds is 2. The van der Waals surface area contributed by atoms with Crippen LogP contribution in [-0.2, 0) is 0 Å². The van der Waals surface area contributed by atoms with Gasteiger partial charge >= 0.3 is 0 Å². The first-order valence-corrected chi connectivity index (χ1v) is 5.02. The molecule has 0 radical (unpaired) electrons. The normalized spacial score (nSPS) is 17.1. The number of anilines is 1. The van der Waals surface area contributed by atoms with Gasteiger partial charge in [0.15, 0.2) is 0 Å². The Labute approximate surface area is 91.7 Å². The minimum Gasteiger partial charge on any atom is -0.319 e. The quantitative estimate of drug-likeness (QED) is 0.811. The van der Waals surface area contributed by atoms with E-state index in [4.69, 9.17) is 0 Å². The van der Waals surface area contributed by atoms with E-state index < -0.39 is 0 Å². The second kappa shape index (κ2) is 5.89. The number of nitrogens with one attached hydrogen (secondary N) is 1. The number of hydrogen-bond acceptors (Lipinski definition) is 2. The average molecular weight is 213 g/mol. The first-order valence-electron chi connectivity index (χ1n) is 5.02. The lowest BCUT2D eigenvalue weighted by Gasteiger charge is -2.27. The van der Waals surface area contributed by atoms with E-state index in [0.29, 0.717) is 0 Å². The summed E-state index contributed by atoms with van der Waals surface area (Å²) in [6.45, 7) is 2.35. The molecule has 1 saturated heterocycles. The third-order valence-electron chi connectivity index (χ3n) is 2.42. The molecule has 1 aromatic carbocycles. The van der Waals surface area contributed by atoms with Crippen LogP contribution in [0.4, 0.5) is 5.69 Å². The fraction of sp³-hybridized carbons (Fsp3) is 0.455. The maximum atomic E-state index is 3.41. The molecule has 1 aliphatic heterocycles. The molecule has 1 aromatic rings. The highest BCUT2D eigenvalue weighted by Gasteiger charge is 2.08. The zero-order valence-electron chi connectivity index (χ0n) is 8.28. The Kier molecular flexibility index (Phi) is 4.77. The van der Waals surface area contributed by atoms with Crippen molar-refractivity contribution >= 4 is 18.1 Å². The van der Waals surface area contributed by atoms with Crippen molar-refractivity contribution in [1.82, 2.24) is 5.01 Å². The van der Waals surface area contributed by atoms with Gasteiger partial charge in [-0.1, -0.05) is 24.6 Å². The molecule has 0 aromatic heterocycles. The zero-order valence-corrected chi connectivity index (χ0v) is 9.09. The van der Waals surface area contributed by atoms with E-state index in [1.165, 1.54) is 38.0 Å². The number of para-hydroxylation sites is 1. The van der Waals surface area contributed by atoms with Crippen LogP contribution in [0.2, 0.25) is 0 Å². The second-order valence-corrected chi connectivity index (χ2v) is 3.53. The van der Waals surface area contributed by atoms with E-state index in [1.807, 2.05) is 6.07 Å². The molecule has 0 atom stereocenters. The number of hydrogen-bond donors (Lipinski definition) is 1. The standard InChI is InChI=1S/C11H16N2.ClH/c1-3-7-11(8-4-1)12-13-9-5-2-6-10-13;/h1,3-4,7-8,12H,2,5-6,9-10H2;1H. The van der Waals surface area contributed by atoms with E-state index in [0.717, 1.165) is 0 Å². The predicted molar refractivity (Wildman–Crippen MR) is 62.7 cm³/mol. The minimum atomic E-state index is 0. The summed E-state index contributed by atoms with van der Waals surface area (Å²) in [5, 5.41) is 2.30. The van der Waals surface area contributed by atoms with Crippen LogP contribution in [0.15, 0.2) is 30.3 Å². The summed E-state index contributed by atoms with van der Waals surface area (Å²) in [5.74, 6) is 0. The highest BCUT2D eigenvalue weighted by molar-refractivity contribution is 5.85. The minimum absolute atomic E-state index is 0. The van der Waals surface area contributed by atoms with Crippen LogP contribution in [0.1, 0.15) is 19.3 Å². The summed E-state index contributed by atoms with van der Waals surface area (Å²) in [5.41, 5.74) is 4.61. The van der Waals surface area contributed by atoms with Gasteiger partial charge in [0.1, 0.15) is 0 Å². The van der Waals surface area contributed by atoms with E-state index in [-0.39, 0.29) is 12.4 Å². The fourth-order valence-corrected chi connectivity index (χ4v) is 1.70. The van der Waals surface area contributed by atoms with Crippen LogP contribution >= 0.6 is 12.4 Å². The molecule has 1 fully saturated rings. The molecule has 1 aliphatic rings. The van der Waals surface area contributed by atoms with E-state index in [9.17, 15) is 0 Å². The molecule has 1 heterocycles. The van der Waals surface area contributed by atoms with Gasteiger partial charge in [-0.05, 0) is 25.0 Å². The monoisotopic (exact) mass is 212 g/mol. The van der Waals surface area contributed by atoms with Crippen LogP contribution < -0.4 is 5.43 Å². The Hall–Kier alpha value is -0.730. The molecule has 0 bridgehead atoms. The second-order valence-electron chi connectivity index (χ2n) is 3.53. The number of piperidine rings is 1. The predicted octanol–water partition coefficient (Wildman–Crippen LogP) is 2.92. The first-order chi connectivity index (χ1) is 6.45. The molecular weight excluding hydrogens is 196 g/mol. The van der Waals surface area contributed by atoms with E-state index in [2.05, 4.69) is 34.7 Å². The van der Waals surface area contributed by atoms with Crippen LogP contribution in [0, 0.1) is 0 Å². The topological polar surface area (TPSA) is 15.3 Å². The summed E-state index contributed by atoms with van der Waals surface area (Å²) in [6.07, 6.45) is 4.02. The average Bonchev–Trinajstić information content (AvgIpc) is 2.21. The lowest BCUT2D eigenvalue weighted by Crippen LogP contribution is -2.34. The Bertz CT molecular complexity index is 245. The van der Waals surface area contributed by atoms with Crippen molar-refractivity contribution in [3.05, 3.63) is 30.3 Å². The Morgan fingerprint density at radius 3 is 2.21 bits per heavy atom. The highest BCUT2D eigenvalue weighted by Crippen LogP contribution is 2.12. The summed E-state index contributed by atoms with van der Waals surface area (Å²) in [6, 6.07) is 10.4. The third-order valence-corrected chi connectivity index (χ3v) is 2.42. The Balaban J connectivity index is 0.000000980. The van der Waals surface area contributed by atoms with Crippen LogP contribution in [-0.4, -0.2) is 18.1 Å². The summed E-state index contributed by atoms with van der Waals surface area (Å²) < 4.78 is 0. The molecule has 78 valence electrons. The van der Waals surface area contributed by atoms with Crippen molar-refractivity contribution < 1.29 is 0 Å². The van der Waals surface area contributed by atoms with Gasteiger partial charge < -0.3 is 5.43 Å². The largest absolute Gasteiger partial charge is 0.319 e. The number of nitrogens with zero attached hydrogens (tertiary/aromatic N) is 1. The van der Waals surface area contributed by atoms with Crippen molar-refractivity contribution in [1.29, 1.82) is 0 Å². The number of halogens is 1. The van der Waals surface area contributed by atoms with Gasteiger partial charge in [-0.15, -0.1) is 12.4 Å². The van der Waals surface area contributed by atoms with Gasteiger partial charge in [0, 0.05) is 18.8 Å². The smallest absolute Gasteiger partial charge is 0.0490 e. The lowest BCUT2D eigenvalue weighted by atomic mass is 10.2. The molecule has 14 heavy (non-hydrogen) atoms. The molecule has 0 saturated carbocycles. The SMILES string of the molecule is Cl.c1ccc(NN2CCCCC2)cc1. The van der Waals surface area contributed by atoms with Gasteiger partial charge in [-0.3, -0.25) is 0 Å². The van der Waals surface area contributed by atoms with Crippen molar-refractivity contribution in [3.8, 4) is 0 Å². The molecule has 2 nitrogen and oxygen atoms in total. The van der Waals surface area contributed by atoms with Crippen LogP contribution in [0.5, 0.6) is 0 Å². The van der Waals surface area contributed by atoms with Crippen molar-refractivity contribution in [2.24, 2.45) is 0 Å².